The van der Waals surface area contributed by atoms with Crippen molar-refractivity contribution in [3.63, 3.8) is 0 Å². The third-order valence-electron chi connectivity index (χ3n) is 5.88. The highest BCUT2D eigenvalue weighted by Crippen LogP contribution is 2.24. The average Bonchev–Trinajstić information content (AvgIpc) is 2.77. The van der Waals surface area contributed by atoms with Gasteiger partial charge >= 0.3 is 6.09 Å². The number of hydrogen-bond donors (Lipinski definition) is 2. The largest absolute Gasteiger partial charge is 0.444 e. The highest BCUT2D eigenvalue weighted by Gasteiger charge is 2.30. The lowest BCUT2D eigenvalue weighted by Gasteiger charge is -2.37. The number of carbonyl (C=O) groups is 2. The molecule has 0 radical (unpaired) electrons. The molecule has 1 heterocycles. The van der Waals surface area contributed by atoms with Gasteiger partial charge in [0, 0.05) is 29.8 Å². The molecule has 0 saturated carbocycles. The van der Waals surface area contributed by atoms with Gasteiger partial charge in [0.05, 0.1) is 0 Å². The topological polar surface area (TPSA) is 84.7 Å². The molecule has 0 spiro atoms. The number of halogens is 1. The second-order valence-electron chi connectivity index (χ2n) is 9.66. The Labute approximate surface area is 195 Å². The van der Waals surface area contributed by atoms with Crippen LogP contribution in [0.15, 0.2) is 48.5 Å². The van der Waals surface area contributed by atoms with Crippen molar-refractivity contribution in [3.8, 4) is 0 Å². The van der Waals surface area contributed by atoms with Crippen LogP contribution in [0.2, 0.25) is 0 Å². The second kappa shape index (κ2) is 10.8. The second-order valence-corrected chi connectivity index (χ2v) is 9.66. The molecule has 3 N–H and O–H groups in total. The molecule has 2 aromatic rings. The van der Waals surface area contributed by atoms with Crippen LogP contribution in [0.4, 0.5) is 14.9 Å². The van der Waals surface area contributed by atoms with Crippen molar-refractivity contribution in [3.05, 3.63) is 65.5 Å². The predicted octanol–water partition coefficient (Wildman–Crippen LogP) is 4.44. The Balaban J connectivity index is 1.63. The van der Waals surface area contributed by atoms with E-state index in [0.717, 1.165) is 37.9 Å². The number of nitrogens with one attached hydrogen (secondary N) is 1. The molecule has 0 aromatic heterocycles. The molecule has 1 aliphatic heterocycles. The quantitative estimate of drug-likeness (QED) is 0.476. The maximum absolute atomic E-state index is 13.2. The molecule has 2 aromatic carbocycles. The third-order valence-corrected chi connectivity index (χ3v) is 5.88. The summed E-state index contributed by atoms with van der Waals surface area (Å²) in [5.74, 6) is -0.358. The Kier molecular flexibility index (Phi) is 8.08. The van der Waals surface area contributed by atoms with E-state index in [4.69, 9.17) is 10.5 Å². The van der Waals surface area contributed by atoms with Crippen molar-refractivity contribution in [2.45, 2.75) is 51.7 Å². The van der Waals surface area contributed by atoms with Crippen molar-refractivity contribution < 1.29 is 18.7 Å². The van der Waals surface area contributed by atoms with E-state index in [2.05, 4.69) is 10.2 Å². The molecule has 33 heavy (non-hydrogen) atoms. The number of Topliss-reactive ketones (excluding diaryl/α,β-unsaturated/α-hetero) is 1. The van der Waals surface area contributed by atoms with Gasteiger partial charge in [-0.2, -0.15) is 0 Å². The summed E-state index contributed by atoms with van der Waals surface area (Å²) in [5.41, 5.74) is 7.66. The molecule has 0 aliphatic carbocycles. The minimum atomic E-state index is -0.560. The first-order valence-electron chi connectivity index (χ1n) is 11.5. The summed E-state index contributed by atoms with van der Waals surface area (Å²) >= 11 is 0. The third kappa shape index (κ3) is 7.56. The molecule has 178 valence electrons. The van der Waals surface area contributed by atoms with Crippen LogP contribution < -0.4 is 11.1 Å². The lowest BCUT2D eigenvalue weighted by Crippen LogP contribution is -2.49. The van der Waals surface area contributed by atoms with Crippen LogP contribution in [0.1, 0.15) is 49.5 Å². The molecule has 1 aliphatic rings. The van der Waals surface area contributed by atoms with Crippen LogP contribution in [-0.2, 0) is 11.2 Å². The van der Waals surface area contributed by atoms with Gasteiger partial charge in [-0.15, -0.1) is 0 Å². The van der Waals surface area contributed by atoms with Crippen molar-refractivity contribution in [2.75, 3.05) is 25.4 Å². The van der Waals surface area contributed by atoms with E-state index in [1.807, 2.05) is 45.0 Å². The van der Waals surface area contributed by atoms with Crippen molar-refractivity contribution in [1.82, 2.24) is 10.2 Å². The van der Waals surface area contributed by atoms with E-state index in [1.54, 1.807) is 12.1 Å². The average molecular weight is 456 g/mol. The molecule has 6 nitrogen and oxygen atoms in total. The molecular formula is C26H34FN3O3. The molecule has 3 rings (SSSR count). The van der Waals surface area contributed by atoms with E-state index in [0.29, 0.717) is 17.8 Å². The highest BCUT2D eigenvalue weighted by atomic mass is 19.1. The van der Waals surface area contributed by atoms with E-state index in [9.17, 15) is 14.0 Å². The minimum Gasteiger partial charge on any atom is -0.444 e. The van der Waals surface area contributed by atoms with Gasteiger partial charge in [-0.1, -0.05) is 12.1 Å². The smallest absolute Gasteiger partial charge is 0.407 e. The standard InChI is InChI=1S/C26H34FN3O3/c1-26(2,3)33-25(32)29-17-23(16-18-4-10-22(28)11-5-18)30-14-12-20(13-15-30)24(31)19-6-8-21(27)9-7-19/h4-11,20,23H,12-17,28H2,1-3H3,(H,29,32)/t23-/m0/s1. The molecule has 1 saturated heterocycles. The number of hydrogen-bond acceptors (Lipinski definition) is 5. The number of anilines is 1. The molecule has 0 unspecified atom stereocenters. The van der Waals surface area contributed by atoms with E-state index < -0.39 is 11.7 Å². The summed E-state index contributed by atoms with van der Waals surface area (Å²) in [6.07, 6.45) is 1.75. The maximum Gasteiger partial charge on any atom is 0.407 e. The van der Waals surface area contributed by atoms with Gasteiger partial charge in [0.2, 0.25) is 0 Å². The van der Waals surface area contributed by atoms with Gasteiger partial charge in [-0.25, -0.2) is 9.18 Å². The summed E-state index contributed by atoms with van der Waals surface area (Å²) < 4.78 is 18.6. The van der Waals surface area contributed by atoms with Crippen LogP contribution in [0.25, 0.3) is 0 Å². The number of carbonyl (C=O) groups excluding carboxylic acids is 2. The number of likely N-dealkylation sites (tertiary alicyclic amines) is 1. The molecule has 1 fully saturated rings. The number of ketones is 1. The van der Waals surface area contributed by atoms with Crippen molar-refractivity contribution in [1.29, 1.82) is 0 Å². The number of amides is 1. The lowest BCUT2D eigenvalue weighted by molar-refractivity contribution is 0.0495. The lowest BCUT2D eigenvalue weighted by atomic mass is 9.88. The summed E-state index contributed by atoms with van der Waals surface area (Å²) in [6, 6.07) is 13.6. The van der Waals surface area contributed by atoms with E-state index >= 15 is 0 Å². The van der Waals surface area contributed by atoms with Crippen molar-refractivity contribution in [2.24, 2.45) is 5.92 Å². The first kappa shape index (κ1) is 24.7. The fraction of sp³-hybridized carbons (Fsp3) is 0.462. The summed E-state index contributed by atoms with van der Waals surface area (Å²) in [5, 5.41) is 2.90. The van der Waals surface area contributed by atoms with Crippen LogP contribution in [-0.4, -0.2) is 48.1 Å². The zero-order chi connectivity index (χ0) is 24.0. The molecule has 1 amide bonds. The minimum absolute atomic E-state index is 0.0583. The first-order chi connectivity index (χ1) is 15.6. The number of benzene rings is 2. The Morgan fingerprint density at radius 1 is 1.09 bits per heavy atom. The Morgan fingerprint density at radius 2 is 1.70 bits per heavy atom. The highest BCUT2D eigenvalue weighted by molar-refractivity contribution is 5.97. The molecule has 0 bridgehead atoms. The summed E-state index contributed by atoms with van der Waals surface area (Å²) in [6.45, 7) is 7.43. The first-order valence-corrected chi connectivity index (χ1v) is 11.5. The molecular weight excluding hydrogens is 421 g/mol. The zero-order valence-electron chi connectivity index (χ0n) is 19.6. The van der Waals surface area contributed by atoms with Crippen molar-refractivity contribution >= 4 is 17.6 Å². The van der Waals surface area contributed by atoms with Crippen LogP contribution in [0.5, 0.6) is 0 Å². The zero-order valence-corrected chi connectivity index (χ0v) is 19.6. The summed E-state index contributed by atoms with van der Waals surface area (Å²) in [7, 11) is 0. The Hall–Kier alpha value is -2.93. The van der Waals surface area contributed by atoms with Gasteiger partial charge < -0.3 is 15.8 Å². The van der Waals surface area contributed by atoms with E-state index in [1.165, 1.54) is 12.1 Å². The molecule has 1 atom stereocenters. The van der Waals surface area contributed by atoms with Gasteiger partial charge in [-0.3, -0.25) is 9.69 Å². The number of alkyl carbamates (subject to hydrolysis) is 1. The van der Waals surface area contributed by atoms with Crippen LogP contribution in [0, 0.1) is 11.7 Å². The van der Waals surface area contributed by atoms with Gasteiger partial charge in [0.25, 0.3) is 0 Å². The fourth-order valence-electron chi connectivity index (χ4n) is 4.15. The molecule has 7 heteroatoms. The van der Waals surface area contributed by atoms with Gasteiger partial charge in [0.15, 0.2) is 5.78 Å². The number of nitrogen functional groups attached to an aromatic ring is 1. The summed E-state index contributed by atoms with van der Waals surface area (Å²) in [4.78, 5) is 27.4. The fourth-order valence-corrected chi connectivity index (χ4v) is 4.15. The number of piperidine rings is 1. The van der Waals surface area contributed by atoms with Gasteiger partial charge in [0.1, 0.15) is 11.4 Å². The maximum atomic E-state index is 13.2. The predicted molar refractivity (Wildman–Crippen MR) is 128 cm³/mol. The Bertz CT molecular complexity index is 931. The normalized spacial score (nSPS) is 16.2. The number of ether oxygens (including phenoxy) is 1. The van der Waals surface area contributed by atoms with Crippen LogP contribution >= 0.6 is 0 Å². The van der Waals surface area contributed by atoms with Gasteiger partial charge in [-0.05, 0) is 95.1 Å². The number of rotatable bonds is 7. The van der Waals surface area contributed by atoms with E-state index in [-0.39, 0.29) is 23.6 Å². The van der Waals surface area contributed by atoms with Crippen LogP contribution in [0.3, 0.4) is 0 Å². The number of nitrogens with two attached hydrogens (primary N) is 1. The Morgan fingerprint density at radius 3 is 2.27 bits per heavy atom. The SMILES string of the molecule is CC(C)(C)OC(=O)NC[C@H](Cc1ccc(N)cc1)N1CCC(C(=O)c2ccc(F)cc2)CC1. The number of nitrogens with zero attached hydrogens (tertiary/aromatic N) is 1. The monoisotopic (exact) mass is 455 g/mol.